The summed E-state index contributed by atoms with van der Waals surface area (Å²) in [6.07, 6.45) is 1.46. The van der Waals surface area contributed by atoms with Gasteiger partial charge in [-0.15, -0.1) is 0 Å². The minimum Gasteiger partial charge on any atom is -0.493 e. The summed E-state index contributed by atoms with van der Waals surface area (Å²) < 4.78 is 12.9. The Morgan fingerprint density at radius 3 is 2.39 bits per heavy atom. The lowest BCUT2D eigenvalue weighted by Gasteiger charge is -2.17. The van der Waals surface area contributed by atoms with E-state index >= 15 is 0 Å². The van der Waals surface area contributed by atoms with Crippen LogP contribution in [0.3, 0.4) is 0 Å². The van der Waals surface area contributed by atoms with E-state index in [0.29, 0.717) is 28.1 Å². The van der Waals surface area contributed by atoms with Crippen molar-refractivity contribution in [2.75, 3.05) is 7.11 Å². The van der Waals surface area contributed by atoms with Gasteiger partial charge in [-0.25, -0.2) is 0 Å². The van der Waals surface area contributed by atoms with Crippen LogP contribution in [0.5, 0.6) is 11.5 Å². The topological polar surface area (TPSA) is 76.7 Å². The number of nitrogens with one attached hydrogen (secondary N) is 2. The predicted molar refractivity (Wildman–Crippen MR) is 116 cm³/mol. The lowest BCUT2D eigenvalue weighted by molar-refractivity contribution is -0.123. The van der Waals surface area contributed by atoms with Gasteiger partial charge < -0.3 is 9.47 Å². The molecule has 1 saturated heterocycles. The molecule has 0 atom stereocenters. The van der Waals surface area contributed by atoms with Gasteiger partial charge in [0, 0.05) is 10.0 Å². The van der Waals surface area contributed by atoms with E-state index in [1.54, 1.807) is 12.1 Å². The fraction of sp³-hybridized carbons (Fsp3) is 0.105. The van der Waals surface area contributed by atoms with Gasteiger partial charge in [-0.1, -0.05) is 34.1 Å². The van der Waals surface area contributed by atoms with Gasteiger partial charge >= 0.3 is 0 Å². The molecule has 144 valence electrons. The Bertz CT molecular complexity index is 985. The third kappa shape index (κ3) is 4.60. The van der Waals surface area contributed by atoms with E-state index in [9.17, 15) is 9.59 Å². The zero-order chi connectivity index (χ0) is 20.3. The van der Waals surface area contributed by atoms with Gasteiger partial charge in [0.15, 0.2) is 16.6 Å². The minimum absolute atomic E-state index is 0.0123. The summed E-state index contributed by atoms with van der Waals surface area (Å²) in [7, 11) is 1.52. The number of hydrogen-bond acceptors (Lipinski definition) is 5. The molecule has 28 heavy (non-hydrogen) atoms. The van der Waals surface area contributed by atoms with Gasteiger partial charge in [-0.2, -0.15) is 0 Å². The van der Waals surface area contributed by atoms with Crippen molar-refractivity contribution in [2.45, 2.75) is 6.61 Å². The summed E-state index contributed by atoms with van der Waals surface area (Å²) in [4.78, 5) is 24.0. The summed E-state index contributed by atoms with van der Waals surface area (Å²) in [5, 5.41) is 4.78. The van der Waals surface area contributed by atoms with E-state index in [2.05, 4.69) is 42.5 Å². The van der Waals surface area contributed by atoms with Crippen molar-refractivity contribution >= 4 is 67.1 Å². The summed E-state index contributed by atoms with van der Waals surface area (Å²) in [5.41, 5.74) is 1.52. The first kappa shape index (κ1) is 20.5. The van der Waals surface area contributed by atoms with E-state index in [4.69, 9.17) is 21.7 Å². The van der Waals surface area contributed by atoms with Gasteiger partial charge in [-0.3, -0.25) is 20.2 Å². The second kappa shape index (κ2) is 8.85. The van der Waals surface area contributed by atoms with Crippen molar-refractivity contribution < 1.29 is 19.1 Å². The van der Waals surface area contributed by atoms with Crippen LogP contribution >= 0.6 is 44.1 Å². The second-order valence-electron chi connectivity index (χ2n) is 5.71. The highest BCUT2D eigenvalue weighted by atomic mass is 79.9. The summed E-state index contributed by atoms with van der Waals surface area (Å²) in [6.45, 7) is 0.332. The molecule has 2 aromatic carbocycles. The highest BCUT2D eigenvalue weighted by molar-refractivity contribution is 9.10. The molecule has 0 radical (unpaired) electrons. The van der Waals surface area contributed by atoms with Crippen molar-refractivity contribution in [1.29, 1.82) is 0 Å². The number of rotatable bonds is 5. The zero-order valence-corrected chi connectivity index (χ0v) is 18.5. The fourth-order valence-electron chi connectivity index (χ4n) is 2.50. The Balaban J connectivity index is 1.88. The van der Waals surface area contributed by atoms with E-state index < -0.39 is 11.8 Å². The van der Waals surface area contributed by atoms with Gasteiger partial charge in [0.1, 0.15) is 12.2 Å². The van der Waals surface area contributed by atoms with E-state index in [1.165, 1.54) is 13.2 Å². The molecule has 0 bridgehead atoms. The average Bonchev–Trinajstić information content (AvgIpc) is 2.64. The Labute approximate surface area is 183 Å². The summed E-state index contributed by atoms with van der Waals surface area (Å²) in [6, 6.07) is 11.2. The highest BCUT2D eigenvalue weighted by Gasteiger charge is 2.26. The molecule has 6 nitrogen and oxygen atoms in total. The molecule has 1 fully saturated rings. The second-order valence-corrected chi connectivity index (χ2v) is 7.83. The maximum Gasteiger partial charge on any atom is 0.263 e. The van der Waals surface area contributed by atoms with Crippen LogP contribution in [0.2, 0.25) is 0 Å². The summed E-state index contributed by atoms with van der Waals surface area (Å²) in [5.74, 6) is -0.143. The van der Waals surface area contributed by atoms with Gasteiger partial charge in [0.25, 0.3) is 11.8 Å². The van der Waals surface area contributed by atoms with Crippen LogP contribution in [0.1, 0.15) is 11.1 Å². The Hall–Kier alpha value is -2.23. The van der Waals surface area contributed by atoms with Crippen LogP contribution in [-0.2, 0) is 16.2 Å². The molecule has 0 aliphatic carbocycles. The molecular formula is C19H14Br2N2O4S. The number of carbonyl (C=O) groups is 2. The molecule has 1 aliphatic rings. The number of halogens is 2. The number of amides is 2. The van der Waals surface area contributed by atoms with E-state index in [0.717, 1.165) is 10.0 Å². The molecule has 3 rings (SSSR count). The standard InChI is InChI=1S/C19H14Br2N2O4S/c1-26-15-8-10(6-12-17(24)22-19(28)23-18(12)25)7-14(21)16(15)27-9-11-4-2-3-5-13(11)20/h2-8H,9H2,1H3,(H2,22,23,24,25,28). The normalized spacial score (nSPS) is 13.7. The van der Waals surface area contributed by atoms with Crippen LogP contribution in [0.25, 0.3) is 6.08 Å². The smallest absolute Gasteiger partial charge is 0.263 e. The molecule has 2 aromatic rings. The zero-order valence-electron chi connectivity index (χ0n) is 14.5. The molecular weight excluding hydrogens is 512 g/mol. The first-order chi connectivity index (χ1) is 13.4. The fourth-order valence-corrected chi connectivity index (χ4v) is 3.66. The van der Waals surface area contributed by atoms with Gasteiger partial charge in [-0.05, 0) is 58.0 Å². The van der Waals surface area contributed by atoms with Crippen LogP contribution in [-0.4, -0.2) is 24.0 Å². The predicted octanol–water partition coefficient (Wildman–Crippen LogP) is 3.71. The molecule has 0 aromatic heterocycles. The van der Waals surface area contributed by atoms with E-state index in [1.807, 2.05) is 24.3 Å². The van der Waals surface area contributed by atoms with Crippen molar-refractivity contribution in [2.24, 2.45) is 0 Å². The average molecular weight is 526 g/mol. The lowest BCUT2D eigenvalue weighted by Crippen LogP contribution is -2.51. The van der Waals surface area contributed by atoms with Crippen LogP contribution in [0, 0.1) is 0 Å². The molecule has 0 unspecified atom stereocenters. The molecule has 0 spiro atoms. The third-order valence-corrected chi connectivity index (χ3v) is 5.40. The molecule has 0 saturated carbocycles. The third-order valence-electron chi connectivity index (χ3n) is 3.84. The van der Waals surface area contributed by atoms with Crippen molar-refractivity contribution in [1.82, 2.24) is 10.6 Å². The van der Waals surface area contributed by atoms with Crippen molar-refractivity contribution in [3.63, 3.8) is 0 Å². The van der Waals surface area contributed by atoms with Crippen molar-refractivity contribution in [3.8, 4) is 11.5 Å². The largest absolute Gasteiger partial charge is 0.493 e. The molecule has 2 N–H and O–H groups in total. The highest BCUT2D eigenvalue weighted by Crippen LogP contribution is 2.38. The molecule has 2 amide bonds. The number of thiocarbonyl (C=S) groups is 1. The Morgan fingerprint density at radius 1 is 1.07 bits per heavy atom. The van der Waals surface area contributed by atoms with Crippen molar-refractivity contribution in [3.05, 3.63) is 62.0 Å². The monoisotopic (exact) mass is 524 g/mol. The van der Waals surface area contributed by atoms with E-state index in [-0.39, 0.29) is 10.7 Å². The van der Waals surface area contributed by atoms with Crippen LogP contribution < -0.4 is 20.1 Å². The van der Waals surface area contributed by atoms with Crippen LogP contribution in [0.4, 0.5) is 0 Å². The SMILES string of the molecule is COc1cc(C=C2C(=O)NC(=S)NC2=O)cc(Br)c1OCc1ccccc1Br. The summed E-state index contributed by atoms with van der Waals surface area (Å²) >= 11 is 11.8. The quantitative estimate of drug-likeness (QED) is 0.353. The first-order valence-electron chi connectivity index (χ1n) is 8.01. The number of methoxy groups -OCH3 is 1. The van der Waals surface area contributed by atoms with Crippen LogP contribution in [0.15, 0.2) is 50.9 Å². The molecule has 1 heterocycles. The Morgan fingerprint density at radius 2 is 1.75 bits per heavy atom. The number of hydrogen-bond donors (Lipinski definition) is 2. The van der Waals surface area contributed by atoms with Gasteiger partial charge in [0.2, 0.25) is 0 Å². The Kier molecular flexibility index (Phi) is 6.48. The number of ether oxygens (including phenoxy) is 2. The number of benzene rings is 2. The molecule has 1 aliphatic heterocycles. The number of carbonyl (C=O) groups excluding carboxylic acids is 2. The maximum atomic E-state index is 12.0. The first-order valence-corrected chi connectivity index (χ1v) is 10.0. The maximum absolute atomic E-state index is 12.0. The van der Waals surface area contributed by atoms with Gasteiger partial charge in [0.05, 0.1) is 11.6 Å². The minimum atomic E-state index is -0.557. The lowest BCUT2D eigenvalue weighted by atomic mass is 10.1. The molecule has 9 heteroatoms.